The molecule has 2 N–H and O–H groups in total. The number of aromatic nitrogens is 3. The maximum absolute atomic E-state index is 14.6. The Bertz CT molecular complexity index is 1400. The number of ether oxygens (including phenoxy) is 1. The van der Waals surface area contributed by atoms with Gasteiger partial charge in [-0.15, -0.1) is 0 Å². The first-order valence-electron chi connectivity index (χ1n) is 9.97. The minimum atomic E-state index is -0.601. The summed E-state index contributed by atoms with van der Waals surface area (Å²) in [6.45, 7) is 3.75. The van der Waals surface area contributed by atoms with Crippen molar-refractivity contribution in [2.45, 2.75) is 6.54 Å². The number of amides is 1. The largest absolute Gasteiger partial charge is 0.499 e. The number of fused-ring (bicyclic) bond motifs is 1. The van der Waals surface area contributed by atoms with Gasteiger partial charge < -0.3 is 14.6 Å². The van der Waals surface area contributed by atoms with Crippen LogP contribution in [-0.4, -0.2) is 33.2 Å². The van der Waals surface area contributed by atoms with Crippen LogP contribution in [0.2, 0.25) is 0 Å². The lowest BCUT2D eigenvalue weighted by atomic mass is 10.1. The van der Waals surface area contributed by atoms with Crippen LogP contribution in [0.1, 0.15) is 15.9 Å². The summed E-state index contributed by atoms with van der Waals surface area (Å²) in [7, 11) is 0. The lowest BCUT2D eigenvalue weighted by molar-refractivity contribution is 0.0145. The lowest BCUT2D eigenvalue weighted by Crippen LogP contribution is -2.27. The Morgan fingerprint density at radius 2 is 2.15 bits per heavy atom. The van der Waals surface area contributed by atoms with E-state index in [4.69, 9.17) is 14.1 Å². The van der Waals surface area contributed by atoms with Gasteiger partial charge >= 0.3 is 0 Å². The van der Waals surface area contributed by atoms with Crippen molar-refractivity contribution in [3.63, 3.8) is 0 Å². The molecule has 3 heterocycles. The van der Waals surface area contributed by atoms with E-state index < -0.39 is 11.7 Å². The summed E-state index contributed by atoms with van der Waals surface area (Å²) in [5.74, 6) is -0.835. The number of hydroxylamine groups is 1. The molecule has 0 spiro atoms. The van der Waals surface area contributed by atoms with E-state index in [9.17, 15) is 14.0 Å². The fraction of sp³-hybridized carbons (Fsp3) is 0.136. The molecule has 0 fully saturated rings. The van der Waals surface area contributed by atoms with E-state index in [-0.39, 0.29) is 42.4 Å². The molecule has 0 aliphatic rings. The lowest BCUT2D eigenvalue weighted by Gasteiger charge is -2.17. The van der Waals surface area contributed by atoms with Crippen LogP contribution in [0.4, 0.5) is 15.9 Å². The summed E-state index contributed by atoms with van der Waals surface area (Å²) < 4.78 is 28.2. The van der Waals surface area contributed by atoms with Crippen molar-refractivity contribution in [2.75, 3.05) is 18.5 Å². The molecule has 1 aromatic carbocycles. The molecule has 1 amide bonds. The molecule has 10 nitrogen and oxygen atoms in total. The summed E-state index contributed by atoms with van der Waals surface area (Å²) in [4.78, 5) is 34.4. The third kappa shape index (κ3) is 5.12. The topological polar surface area (TPSA) is 112 Å². The number of carbonyl (C=O) groups is 1. The number of imidazole rings is 1. The highest BCUT2D eigenvalue weighted by atomic mass is 127. The van der Waals surface area contributed by atoms with E-state index in [2.05, 4.69) is 22.4 Å². The van der Waals surface area contributed by atoms with Gasteiger partial charge in [0.2, 0.25) is 0 Å². The average Bonchev–Trinajstić information content (AvgIpc) is 3.46. The molecule has 0 saturated heterocycles. The molecule has 3 aromatic heterocycles. The number of nitrogens with zero attached hydrogens (tertiary/aromatic N) is 3. The number of hydrogen-bond donors (Lipinski definition) is 2. The number of anilines is 2. The molecule has 0 atom stereocenters. The smallest absolute Gasteiger partial charge is 0.282 e. The van der Waals surface area contributed by atoms with Gasteiger partial charge in [0.25, 0.3) is 11.5 Å². The normalized spacial score (nSPS) is 10.9. The first-order valence-corrected chi connectivity index (χ1v) is 11.0. The van der Waals surface area contributed by atoms with Crippen molar-refractivity contribution >= 4 is 45.5 Å². The Labute approximate surface area is 206 Å². The van der Waals surface area contributed by atoms with E-state index in [1.807, 2.05) is 22.6 Å². The standard InChI is InChI=1S/C22H19FIN5O5/c1-2-32-7-8-33-27-22(31)16-9-14(12-29-20(30)5-6-34-29)19-11-25-13-28(19)21(16)26-18-4-3-15(24)10-17(18)23/h2-6,9-11,13,26H,1,7-8,12H2,(H,27,31). The molecule has 0 aliphatic heterocycles. The second kappa shape index (κ2) is 10.5. The number of hydrogen-bond acceptors (Lipinski definition) is 7. The fourth-order valence-electron chi connectivity index (χ4n) is 3.21. The minimum Gasteiger partial charge on any atom is -0.499 e. The summed E-state index contributed by atoms with van der Waals surface area (Å²) in [6.07, 6.45) is 5.59. The van der Waals surface area contributed by atoms with Gasteiger partial charge in [-0.3, -0.25) is 18.8 Å². The Balaban J connectivity index is 1.75. The van der Waals surface area contributed by atoms with E-state index in [0.717, 1.165) is 8.31 Å². The minimum absolute atomic E-state index is 0.0491. The highest BCUT2D eigenvalue weighted by Gasteiger charge is 2.20. The van der Waals surface area contributed by atoms with Crippen LogP contribution in [0.15, 0.2) is 71.3 Å². The summed E-state index contributed by atoms with van der Waals surface area (Å²) >= 11 is 2.01. The summed E-state index contributed by atoms with van der Waals surface area (Å²) in [6, 6.07) is 7.53. The van der Waals surface area contributed by atoms with Gasteiger partial charge in [-0.1, -0.05) is 6.58 Å². The third-order valence-electron chi connectivity index (χ3n) is 4.76. The van der Waals surface area contributed by atoms with Gasteiger partial charge in [-0.25, -0.2) is 14.9 Å². The Hall–Kier alpha value is -3.65. The van der Waals surface area contributed by atoms with Crippen molar-refractivity contribution < 1.29 is 23.3 Å². The van der Waals surface area contributed by atoms with Crippen LogP contribution in [0.5, 0.6) is 0 Å². The number of pyridine rings is 1. The molecule has 34 heavy (non-hydrogen) atoms. The Morgan fingerprint density at radius 3 is 2.88 bits per heavy atom. The van der Waals surface area contributed by atoms with Gasteiger partial charge in [0, 0.05) is 15.2 Å². The molecule has 12 heteroatoms. The predicted octanol–water partition coefficient (Wildman–Crippen LogP) is 3.45. The van der Waals surface area contributed by atoms with E-state index in [1.54, 1.807) is 28.8 Å². The summed E-state index contributed by atoms with van der Waals surface area (Å²) in [5.41, 5.74) is 3.47. The SMILES string of the molecule is C=COCCONC(=O)c1cc(Cn2occc2=O)c2cncn2c1Nc1ccc(I)cc1F. The third-order valence-corrected chi connectivity index (χ3v) is 5.43. The molecule has 0 unspecified atom stereocenters. The maximum atomic E-state index is 14.6. The molecule has 4 rings (SSSR count). The molecule has 0 aliphatic carbocycles. The first kappa shape index (κ1) is 23.5. The number of nitrogens with one attached hydrogen (secondary N) is 2. The Kier molecular flexibility index (Phi) is 7.27. The van der Waals surface area contributed by atoms with Gasteiger partial charge in [0.15, 0.2) is 0 Å². The number of rotatable bonds is 10. The second-order valence-electron chi connectivity index (χ2n) is 6.93. The van der Waals surface area contributed by atoms with E-state index >= 15 is 0 Å². The van der Waals surface area contributed by atoms with Crippen LogP contribution in [0.3, 0.4) is 0 Å². The molecule has 0 saturated carbocycles. The molecule has 0 radical (unpaired) electrons. The van der Waals surface area contributed by atoms with Crippen molar-refractivity contribution in [3.8, 4) is 0 Å². The van der Waals surface area contributed by atoms with Gasteiger partial charge in [0.1, 0.15) is 37.4 Å². The highest BCUT2D eigenvalue weighted by molar-refractivity contribution is 14.1. The van der Waals surface area contributed by atoms with Crippen LogP contribution >= 0.6 is 22.6 Å². The quantitative estimate of drug-likeness (QED) is 0.128. The zero-order valence-electron chi connectivity index (χ0n) is 17.7. The zero-order valence-corrected chi connectivity index (χ0v) is 19.8. The van der Waals surface area contributed by atoms with Gasteiger partial charge in [0.05, 0.1) is 35.8 Å². The number of halogens is 2. The average molecular weight is 579 g/mol. The molecule has 0 bridgehead atoms. The predicted molar refractivity (Wildman–Crippen MR) is 129 cm³/mol. The van der Waals surface area contributed by atoms with Gasteiger partial charge in [-0.2, -0.15) is 4.74 Å². The maximum Gasteiger partial charge on any atom is 0.282 e. The first-order chi connectivity index (χ1) is 16.5. The molecule has 4 aromatic rings. The molecular weight excluding hydrogens is 560 g/mol. The monoisotopic (exact) mass is 579 g/mol. The van der Waals surface area contributed by atoms with Crippen LogP contribution in [0.25, 0.3) is 5.52 Å². The van der Waals surface area contributed by atoms with Crippen molar-refractivity contribution in [1.82, 2.24) is 19.6 Å². The van der Waals surface area contributed by atoms with Crippen LogP contribution in [0, 0.1) is 9.39 Å². The summed E-state index contributed by atoms with van der Waals surface area (Å²) in [5, 5.41) is 2.98. The second-order valence-corrected chi connectivity index (χ2v) is 8.18. The zero-order chi connectivity index (χ0) is 24.1. The van der Waals surface area contributed by atoms with E-state index in [1.165, 1.54) is 31.0 Å². The van der Waals surface area contributed by atoms with Crippen LogP contribution < -0.4 is 16.4 Å². The number of benzene rings is 1. The van der Waals surface area contributed by atoms with Crippen molar-refractivity contribution in [2.24, 2.45) is 0 Å². The Morgan fingerprint density at radius 1 is 1.29 bits per heavy atom. The van der Waals surface area contributed by atoms with Crippen molar-refractivity contribution in [3.05, 3.63) is 92.8 Å². The van der Waals surface area contributed by atoms with Gasteiger partial charge in [-0.05, 0) is 46.9 Å². The molecule has 176 valence electrons. The van der Waals surface area contributed by atoms with Crippen molar-refractivity contribution in [1.29, 1.82) is 0 Å². The number of carbonyl (C=O) groups excluding carboxylic acids is 1. The highest BCUT2D eigenvalue weighted by Crippen LogP contribution is 2.28. The van der Waals surface area contributed by atoms with Crippen LogP contribution in [-0.2, 0) is 16.1 Å². The fourth-order valence-corrected chi connectivity index (χ4v) is 3.67. The van der Waals surface area contributed by atoms with E-state index in [0.29, 0.717) is 11.1 Å². The molecular formula is C22H19FIN5O5.